The molecule has 22 heavy (non-hydrogen) atoms. The third kappa shape index (κ3) is 4.75. The lowest BCUT2D eigenvalue weighted by atomic mass is 10.1. The fourth-order valence-electron chi connectivity index (χ4n) is 1.98. The van der Waals surface area contributed by atoms with E-state index in [1.165, 1.54) is 6.07 Å². The lowest BCUT2D eigenvalue weighted by Crippen LogP contribution is -2.50. The number of anilines is 1. The van der Waals surface area contributed by atoms with E-state index in [1.807, 2.05) is 13.8 Å². The van der Waals surface area contributed by atoms with Gasteiger partial charge >= 0.3 is 0 Å². The molecule has 2 rings (SSSR count). The standard InChI is InChI=1S/C14H22N2O5S/c1-10(2)15-7-14(17)8-20-12-5-4-11(16-22(3,18)19)6-13(12)21-9-14/h4-6,10,15-17H,7-9H2,1-3H3. The number of rotatable bonds is 5. The summed E-state index contributed by atoms with van der Waals surface area (Å²) < 4.78 is 36.1. The average Bonchev–Trinajstić information content (AvgIpc) is 2.56. The molecule has 0 fully saturated rings. The third-order valence-electron chi connectivity index (χ3n) is 3.08. The summed E-state index contributed by atoms with van der Waals surface area (Å²) >= 11 is 0. The van der Waals surface area contributed by atoms with Crippen LogP contribution in [0.4, 0.5) is 5.69 Å². The van der Waals surface area contributed by atoms with Gasteiger partial charge in [-0.3, -0.25) is 4.72 Å². The topological polar surface area (TPSA) is 96.9 Å². The Bertz CT molecular complexity index is 632. The minimum Gasteiger partial charge on any atom is -0.486 e. The molecule has 0 saturated carbocycles. The first-order chi connectivity index (χ1) is 10.2. The van der Waals surface area contributed by atoms with Gasteiger partial charge in [0.05, 0.1) is 11.9 Å². The lowest BCUT2D eigenvalue weighted by molar-refractivity contribution is -0.0277. The molecular formula is C14H22N2O5S. The molecule has 1 atom stereocenters. The molecule has 1 unspecified atom stereocenters. The zero-order valence-corrected chi connectivity index (χ0v) is 13.7. The first kappa shape index (κ1) is 16.9. The molecule has 3 N–H and O–H groups in total. The predicted molar refractivity (Wildman–Crippen MR) is 84.0 cm³/mol. The summed E-state index contributed by atoms with van der Waals surface area (Å²) in [6.45, 7) is 4.47. The Morgan fingerprint density at radius 1 is 1.27 bits per heavy atom. The van der Waals surface area contributed by atoms with Crippen molar-refractivity contribution in [1.82, 2.24) is 5.32 Å². The Labute approximate surface area is 130 Å². The molecule has 0 aliphatic carbocycles. The van der Waals surface area contributed by atoms with Crippen molar-refractivity contribution in [3.8, 4) is 11.5 Å². The van der Waals surface area contributed by atoms with Crippen LogP contribution in [0.2, 0.25) is 0 Å². The molecule has 1 aromatic carbocycles. The molecular weight excluding hydrogens is 308 g/mol. The first-order valence-corrected chi connectivity index (χ1v) is 8.89. The van der Waals surface area contributed by atoms with Gasteiger partial charge in [-0.05, 0) is 12.1 Å². The van der Waals surface area contributed by atoms with Crippen molar-refractivity contribution >= 4 is 15.7 Å². The number of fused-ring (bicyclic) bond motifs is 1. The highest BCUT2D eigenvalue weighted by molar-refractivity contribution is 7.92. The highest BCUT2D eigenvalue weighted by Crippen LogP contribution is 2.34. The molecule has 1 aromatic rings. The number of hydrogen-bond donors (Lipinski definition) is 3. The largest absolute Gasteiger partial charge is 0.486 e. The Balaban J connectivity index is 2.11. The van der Waals surface area contributed by atoms with Gasteiger partial charge in [0.25, 0.3) is 0 Å². The second-order valence-corrected chi connectivity index (χ2v) is 7.62. The van der Waals surface area contributed by atoms with E-state index in [-0.39, 0.29) is 19.3 Å². The zero-order valence-electron chi connectivity index (χ0n) is 12.9. The molecule has 0 radical (unpaired) electrons. The Hall–Kier alpha value is -1.51. The van der Waals surface area contributed by atoms with Gasteiger partial charge < -0.3 is 19.9 Å². The van der Waals surface area contributed by atoms with Crippen LogP contribution in [0, 0.1) is 0 Å². The number of nitrogens with one attached hydrogen (secondary N) is 2. The number of sulfonamides is 1. The highest BCUT2D eigenvalue weighted by Gasteiger charge is 2.32. The van der Waals surface area contributed by atoms with Crippen molar-refractivity contribution < 1.29 is 23.0 Å². The van der Waals surface area contributed by atoms with Gasteiger partial charge in [0.2, 0.25) is 10.0 Å². The van der Waals surface area contributed by atoms with Crippen LogP contribution in [0.25, 0.3) is 0 Å². The van der Waals surface area contributed by atoms with Crippen LogP contribution in [-0.4, -0.2) is 51.2 Å². The summed E-state index contributed by atoms with van der Waals surface area (Å²) in [5.74, 6) is 0.869. The summed E-state index contributed by atoms with van der Waals surface area (Å²) in [4.78, 5) is 0. The van der Waals surface area contributed by atoms with E-state index in [0.717, 1.165) is 6.26 Å². The van der Waals surface area contributed by atoms with Crippen molar-refractivity contribution in [3.05, 3.63) is 18.2 Å². The van der Waals surface area contributed by atoms with Crippen LogP contribution in [-0.2, 0) is 10.0 Å². The van der Waals surface area contributed by atoms with Gasteiger partial charge in [-0.25, -0.2) is 8.42 Å². The van der Waals surface area contributed by atoms with Gasteiger partial charge in [0, 0.05) is 18.7 Å². The number of aliphatic hydroxyl groups is 1. The number of ether oxygens (including phenoxy) is 2. The van der Waals surface area contributed by atoms with Crippen LogP contribution in [0.5, 0.6) is 11.5 Å². The Kier molecular flexibility index (Phi) is 4.84. The molecule has 124 valence electrons. The fourth-order valence-corrected chi connectivity index (χ4v) is 2.53. The molecule has 0 aromatic heterocycles. The first-order valence-electron chi connectivity index (χ1n) is 7.00. The summed E-state index contributed by atoms with van der Waals surface area (Å²) in [6, 6.07) is 4.97. The van der Waals surface area contributed by atoms with Crippen LogP contribution >= 0.6 is 0 Å². The van der Waals surface area contributed by atoms with E-state index in [1.54, 1.807) is 12.1 Å². The minimum absolute atomic E-state index is 0.0576. The lowest BCUT2D eigenvalue weighted by Gasteiger charge is -2.26. The van der Waals surface area contributed by atoms with Gasteiger partial charge in [-0.1, -0.05) is 13.8 Å². The van der Waals surface area contributed by atoms with Crippen LogP contribution < -0.4 is 19.5 Å². The van der Waals surface area contributed by atoms with Crippen LogP contribution in [0.1, 0.15) is 13.8 Å². The monoisotopic (exact) mass is 330 g/mol. The maximum absolute atomic E-state index is 11.3. The van der Waals surface area contributed by atoms with E-state index < -0.39 is 15.6 Å². The van der Waals surface area contributed by atoms with Crippen molar-refractivity contribution in [2.75, 3.05) is 30.7 Å². The van der Waals surface area contributed by atoms with E-state index in [9.17, 15) is 13.5 Å². The normalized spacial score (nSPS) is 21.5. The molecule has 1 aliphatic rings. The zero-order chi connectivity index (χ0) is 16.4. The van der Waals surface area contributed by atoms with Crippen molar-refractivity contribution in [2.45, 2.75) is 25.5 Å². The van der Waals surface area contributed by atoms with E-state index >= 15 is 0 Å². The fraction of sp³-hybridized carbons (Fsp3) is 0.571. The second kappa shape index (κ2) is 6.31. The van der Waals surface area contributed by atoms with Gasteiger partial charge in [0.15, 0.2) is 11.5 Å². The number of benzene rings is 1. The summed E-state index contributed by atoms with van der Waals surface area (Å²) in [6.07, 6.45) is 1.08. The van der Waals surface area contributed by atoms with Crippen molar-refractivity contribution in [2.24, 2.45) is 0 Å². The van der Waals surface area contributed by atoms with Crippen LogP contribution in [0.3, 0.4) is 0 Å². The minimum atomic E-state index is -3.36. The predicted octanol–water partition coefficient (Wildman–Crippen LogP) is 0.558. The second-order valence-electron chi connectivity index (χ2n) is 5.87. The molecule has 0 bridgehead atoms. The van der Waals surface area contributed by atoms with Gasteiger partial charge in [-0.2, -0.15) is 0 Å². The van der Waals surface area contributed by atoms with E-state index in [2.05, 4.69) is 10.0 Å². The quantitative estimate of drug-likeness (QED) is 0.730. The molecule has 8 heteroatoms. The van der Waals surface area contributed by atoms with Crippen LogP contribution in [0.15, 0.2) is 18.2 Å². The van der Waals surface area contributed by atoms with E-state index in [0.29, 0.717) is 23.7 Å². The number of hydrogen-bond acceptors (Lipinski definition) is 6. The summed E-state index contributed by atoms with van der Waals surface area (Å²) in [5.41, 5.74) is -0.760. The van der Waals surface area contributed by atoms with E-state index in [4.69, 9.17) is 9.47 Å². The van der Waals surface area contributed by atoms with Gasteiger partial charge in [-0.15, -0.1) is 0 Å². The Morgan fingerprint density at radius 3 is 2.50 bits per heavy atom. The molecule has 0 saturated heterocycles. The molecule has 1 heterocycles. The molecule has 0 spiro atoms. The Morgan fingerprint density at radius 2 is 1.91 bits per heavy atom. The summed E-state index contributed by atoms with van der Waals surface area (Å²) in [7, 11) is -3.36. The summed E-state index contributed by atoms with van der Waals surface area (Å²) in [5, 5.41) is 13.7. The molecule has 0 amide bonds. The molecule has 7 nitrogen and oxygen atoms in total. The molecule has 1 aliphatic heterocycles. The highest BCUT2D eigenvalue weighted by atomic mass is 32.2. The SMILES string of the molecule is CC(C)NCC1(O)COc2ccc(NS(C)(=O)=O)cc2OC1. The average molecular weight is 330 g/mol. The smallest absolute Gasteiger partial charge is 0.229 e. The third-order valence-corrected chi connectivity index (χ3v) is 3.69. The van der Waals surface area contributed by atoms with Crippen molar-refractivity contribution in [1.29, 1.82) is 0 Å². The van der Waals surface area contributed by atoms with Gasteiger partial charge in [0.1, 0.15) is 18.8 Å². The maximum atomic E-state index is 11.3. The van der Waals surface area contributed by atoms with Crippen molar-refractivity contribution in [3.63, 3.8) is 0 Å². The maximum Gasteiger partial charge on any atom is 0.229 e.